The van der Waals surface area contributed by atoms with E-state index < -0.39 is 0 Å². The van der Waals surface area contributed by atoms with Gasteiger partial charge in [-0.3, -0.25) is 4.79 Å². The third-order valence-electron chi connectivity index (χ3n) is 1.63. The molecule has 0 aliphatic heterocycles. The van der Waals surface area contributed by atoms with Crippen molar-refractivity contribution in [2.45, 2.75) is 13.8 Å². The van der Waals surface area contributed by atoms with Crippen LogP contribution in [0.5, 0.6) is 0 Å². The number of aromatic nitrogens is 1. The number of hydrogen-bond acceptors (Lipinski definition) is 2. The fraction of sp³-hybridized carbons (Fsp3) is 0.200. The Labute approximate surface area is 91.4 Å². The first-order valence-electron chi connectivity index (χ1n) is 4.20. The summed E-state index contributed by atoms with van der Waals surface area (Å²) in [5.74, 6) is -0.139. The molecule has 0 aliphatic rings. The molecular weight excluding hydrogens is 244 g/mol. The van der Waals surface area contributed by atoms with Gasteiger partial charge in [-0.1, -0.05) is 6.08 Å². The Morgan fingerprint density at radius 3 is 2.86 bits per heavy atom. The summed E-state index contributed by atoms with van der Waals surface area (Å²) in [6.45, 7) is 3.64. The van der Waals surface area contributed by atoms with Gasteiger partial charge in [-0.2, -0.15) is 0 Å². The summed E-state index contributed by atoms with van der Waals surface area (Å²) in [7, 11) is 0. The minimum atomic E-state index is -0.139. The molecule has 0 aliphatic carbocycles. The lowest BCUT2D eigenvalue weighted by atomic mass is 10.3. The van der Waals surface area contributed by atoms with E-state index in [1.165, 1.54) is 6.08 Å². The molecular formula is C10H11BrN2O. The molecule has 0 bridgehead atoms. The highest BCUT2D eigenvalue weighted by molar-refractivity contribution is 9.10. The summed E-state index contributed by atoms with van der Waals surface area (Å²) < 4.78 is 0.763. The Balaban J connectivity index is 2.82. The molecule has 4 heteroatoms. The number of nitrogens with one attached hydrogen (secondary N) is 1. The van der Waals surface area contributed by atoms with Gasteiger partial charge < -0.3 is 5.32 Å². The monoisotopic (exact) mass is 254 g/mol. The summed E-state index contributed by atoms with van der Waals surface area (Å²) in [4.78, 5) is 15.4. The highest BCUT2D eigenvalue weighted by Gasteiger charge is 2.02. The van der Waals surface area contributed by atoms with Gasteiger partial charge in [0.1, 0.15) is 4.60 Å². The van der Waals surface area contributed by atoms with Crippen molar-refractivity contribution in [1.82, 2.24) is 4.98 Å². The maximum absolute atomic E-state index is 11.2. The number of nitrogens with zero attached hydrogens (tertiary/aromatic N) is 1. The number of pyridine rings is 1. The van der Waals surface area contributed by atoms with Crippen molar-refractivity contribution in [1.29, 1.82) is 0 Å². The van der Waals surface area contributed by atoms with Crippen LogP contribution in [0.4, 0.5) is 5.69 Å². The summed E-state index contributed by atoms with van der Waals surface area (Å²) in [5.41, 5.74) is 1.52. The summed E-state index contributed by atoms with van der Waals surface area (Å²) in [6.07, 6.45) is 3.17. The van der Waals surface area contributed by atoms with Crippen LogP contribution in [-0.2, 0) is 4.79 Å². The Bertz CT molecular complexity index is 374. The number of hydrogen-bond donors (Lipinski definition) is 1. The molecule has 0 unspecified atom stereocenters. The standard InChI is InChI=1S/C10H11BrN2O/c1-3-4-10(14)13-8-5-6-9(11)12-7(8)2/h3-6H,1-2H3,(H,13,14)/b4-3+. The third-order valence-corrected chi connectivity index (χ3v) is 2.07. The molecule has 0 saturated heterocycles. The first-order valence-corrected chi connectivity index (χ1v) is 4.99. The van der Waals surface area contributed by atoms with E-state index in [0.717, 1.165) is 16.0 Å². The average Bonchev–Trinajstić information content (AvgIpc) is 2.10. The van der Waals surface area contributed by atoms with Gasteiger partial charge in [-0.15, -0.1) is 0 Å². The van der Waals surface area contributed by atoms with Crippen LogP contribution in [0.1, 0.15) is 12.6 Å². The number of carbonyl (C=O) groups is 1. The Hall–Kier alpha value is -1.16. The van der Waals surface area contributed by atoms with Crippen LogP contribution in [0.2, 0.25) is 0 Å². The Morgan fingerprint density at radius 2 is 2.29 bits per heavy atom. The number of carbonyl (C=O) groups excluding carboxylic acids is 1. The SMILES string of the molecule is C/C=C/C(=O)Nc1ccc(Br)nc1C. The number of allylic oxidation sites excluding steroid dienone is 1. The molecule has 1 aromatic rings. The fourth-order valence-corrected chi connectivity index (χ4v) is 1.39. The Kier molecular flexibility index (Phi) is 3.83. The van der Waals surface area contributed by atoms with Gasteiger partial charge in [0.2, 0.25) is 5.91 Å². The summed E-state index contributed by atoms with van der Waals surface area (Å²) in [6, 6.07) is 3.60. The smallest absolute Gasteiger partial charge is 0.248 e. The molecule has 14 heavy (non-hydrogen) atoms. The maximum atomic E-state index is 11.2. The summed E-state index contributed by atoms with van der Waals surface area (Å²) in [5, 5.41) is 2.73. The van der Waals surface area contributed by atoms with Crippen LogP contribution in [0.3, 0.4) is 0 Å². The second-order valence-electron chi connectivity index (χ2n) is 2.76. The number of rotatable bonds is 2. The summed E-state index contributed by atoms with van der Waals surface area (Å²) >= 11 is 3.26. The van der Waals surface area contributed by atoms with E-state index in [-0.39, 0.29) is 5.91 Å². The van der Waals surface area contributed by atoms with Gasteiger partial charge in [0.15, 0.2) is 0 Å². The van der Waals surface area contributed by atoms with Crippen molar-refractivity contribution in [3.05, 3.63) is 34.6 Å². The van der Waals surface area contributed by atoms with Gasteiger partial charge in [0, 0.05) is 0 Å². The second-order valence-corrected chi connectivity index (χ2v) is 3.57. The molecule has 0 atom stereocenters. The van der Waals surface area contributed by atoms with Gasteiger partial charge in [0.25, 0.3) is 0 Å². The van der Waals surface area contributed by atoms with Crippen molar-refractivity contribution >= 4 is 27.5 Å². The normalized spacial score (nSPS) is 10.5. The lowest BCUT2D eigenvalue weighted by Crippen LogP contribution is -2.09. The fourth-order valence-electron chi connectivity index (χ4n) is 0.988. The van der Waals surface area contributed by atoms with Gasteiger partial charge in [-0.05, 0) is 48.0 Å². The predicted octanol–water partition coefficient (Wildman–Crippen LogP) is 2.67. The molecule has 1 rings (SSSR count). The molecule has 1 heterocycles. The highest BCUT2D eigenvalue weighted by atomic mass is 79.9. The van der Waals surface area contributed by atoms with Crippen LogP contribution in [0, 0.1) is 6.92 Å². The van der Waals surface area contributed by atoms with E-state index in [2.05, 4.69) is 26.2 Å². The van der Waals surface area contributed by atoms with Crippen molar-refractivity contribution in [2.24, 2.45) is 0 Å². The number of amides is 1. The number of aryl methyl sites for hydroxylation is 1. The molecule has 0 spiro atoms. The predicted molar refractivity (Wildman–Crippen MR) is 60.1 cm³/mol. The van der Waals surface area contributed by atoms with Gasteiger partial charge in [-0.25, -0.2) is 4.98 Å². The molecule has 0 saturated carbocycles. The molecule has 1 aromatic heterocycles. The van der Waals surface area contributed by atoms with E-state index in [1.807, 2.05) is 13.0 Å². The topological polar surface area (TPSA) is 42.0 Å². The average molecular weight is 255 g/mol. The molecule has 74 valence electrons. The molecule has 3 nitrogen and oxygen atoms in total. The zero-order chi connectivity index (χ0) is 10.6. The first kappa shape index (κ1) is 10.9. The second kappa shape index (κ2) is 4.91. The van der Waals surface area contributed by atoms with Crippen LogP contribution in [0.25, 0.3) is 0 Å². The van der Waals surface area contributed by atoms with Gasteiger partial charge in [0.05, 0.1) is 11.4 Å². The van der Waals surface area contributed by atoms with Crippen LogP contribution in [-0.4, -0.2) is 10.9 Å². The van der Waals surface area contributed by atoms with Crippen molar-refractivity contribution in [3.63, 3.8) is 0 Å². The van der Waals surface area contributed by atoms with Crippen molar-refractivity contribution in [3.8, 4) is 0 Å². The zero-order valence-corrected chi connectivity index (χ0v) is 9.63. The molecule has 0 aromatic carbocycles. The van der Waals surface area contributed by atoms with Crippen LogP contribution >= 0.6 is 15.9 Å². The van der Waals surface area contributed by atoms with Crippen LogP contribution < -0.4 is 5.32 Å². The van der Waals surface area contributed by atoms with Gasteiger partial charge >= 0.3 is 0 Å². The van der Waals surface area contributed by atoms with E-state index in [0.29, 0.717) is 0 Å². The quantitative estimate of drug-likeness (QED) is 0.652. The minimum Gasteiger partial charge on any atom is -0.321 e. The van der Waals surface area contributed by atoms with Crippen LogP contribution in [0.15, 0.2) is 28.9 Å². The number of halogens is 1. The number of anilines is 1. The zero-order valence-electron chi connectivity index (χ0n) is 8.04. The highest BCUT2D eigenvalue weighted by Crippen LogP contribution is 2.15. The molecule has 0 fully saturated rings. The van der Waals surface area contributed by atoms with Crippen molar-refractivity contribution in [2.75, 3.05) is 5.32 Å². The van der Waals surface area contributed by atoms with E-state index in [1.54, 1.807) is 19.1 Å². The minimum absolute atomic E-state index is 0.139. The third kappa shape index (κ3) is 2.96. The molecule has 1 amide bonds. The first-order chi connectivity index (χ1) is 6.63. The Morgan fingerprint density at radius 1 is 1.57 bits per heavy atom. The lowest BCUT2D eigenvalue weighted by Gasteiger charge is -2.05. The molecule has 0 radical (unpaired) electrons. The maximum Gasteiger partial charge on any atom is 0.248 e. The lowest BCUT2D eigenvalue weighted by molar-refractivity contribution is -0.111. The van der Waals surface area contributed by atoms with E-state index in [9.17, 15) is 4.79 Å². The largest absolute Gasteiger partial charge is 0.321 e. The van der Waals surface area contributed by atoms with Crippen molar-refractivity contribution < 1.29 is 4.79 Å². The molecule has 1 N–H and O–H groups in total. The van der Waals surface area contributed by atoms with E-state index in [4.69, 9.17) is 0 Å². The van der Waals surface area contributed by atoms with E-state index >= 15 is 0 Å².